The summed E-state index contributed by atoms with van der Waals surface area (Å²) in [5.41, 5.74) is 4.38. The maximum absolute atomic E-state index is 12.7. The number of carbonyl (C=O) groups is 1. The second-order valence-electron chi connectivity index (χ2n) is 5.60. The highest BCUT2D eigenvalue weighted by molar-refractivity contribution is 6.08. The van der Waals surface area contributed by atoms with Crippen molar-refractivity contribution in [1.29, 1.82) is 0 Å². The van der Waals surface area contributed by atoms with Gasteiger partial charge in [-0.1, -0.05) is 29.8 Å². The molecule has 1 N–H and O–H groups in total. The SMILES string of the molecule is Cc1ccc(NC(=O)c2ccccc2N(C)c2ccncc2)cc1. The summed E-state index contributed by atoms with van der Waals surface area (Å²) in [5.74, 6) is -0.129. The number of amides is 1. The third-order valence-electron chi connectivity index (χ3n) is 3.87. The Balaban J connectivity index is 1.88. The van der Waals surface area contributed by atoms with Crippen molar-refractivity contribution in [2.45, 2.75) is 6.92 Å². The lowest BCUT2D eigenvalue weighted by Gasteiger charge is -2.22. The molecule has 3 aromatic rings. The zero-order chi connectivity index (χ0) is 16.9. The van der Waals surface area contributed by atoms with Crippen molar-refractivity contribution in [3.63, 3.8) is 0 Å². The van der Waals surface area contributed by atoms with Gasteiger partial charge >= 0.3 is 0 Å². The molecule has 0 atom stereocenters. The molecule has 1 aromatic heterocycles. The van der Waals surface area contributed by atoms with Gasteiger partial charge in [0.25, 0.3) is 5.91 Å². The number of nitrogens with one attached hydrogen (secondary N) is 1. The lowest BCUT2D eigenvalue weighted by Crippen LogP contribution is -2.18. The molecule has 0 unspecified atom stereocenters. The Kier molecular flexibility index (Phi) is 4.57. The Labute approximate surface area is 141 Å². The number of aromatic nitrogens is 1. The van der Waals surface area contributed by atoms with E-state index in [4.69, 9.17) is 0 Å². The Morgan fingerprint density at radius 3 is 2.33 bits per heavy atom. The van der Waals surface area contributed by atoms with Crippen LogP contribution in [0.15, 0.2) is 73.1 Å². The molecule has 0 radical (unpaired) electrons. The summed E-state index contributed by atoms with van der Waals surface area (Å²) in [5, 5.41) is 2.95. The van der Waals surface area contributed by atoms with E-state index in [1.54, 1.807) is 12.4 Å². The normalized spacial score (nSPS) is 10.2. The molecule has 0 aliphatic heterocycles. The van der Waals surface area contributed by atoms with Crippen molar-refractivity contribution < 1.29 is 4.79 Å². The third-order valence-corrected chi connectivity index (χ3v) is 3.87. The van der Waals surface area contributed by atoms with E-state index in [0.29, 0.717) is 5.56 Å². The van der Waals surface area contributed by atoms with E-state index in [1.807, 2.05) is 79.5 Å². The van der Waals surface area contributed by atoms with Crippen LogP contribution < -0.4 is 10.2 Å². The molecular weight excluding hydrogens is 298 g/mol. The average Bonchev–Trinajstić information content (AvgIpc) is 2.63. The molecule has 0 bridgehead atoms. The minimum atomic E-state index is -0.129. The second kappa shape index (κ2) is 6.96. The zero-order valence-corrected chi connectivity index (χ0v) is 13.7. The highest BCUT2D eigenvalue weighted by Crippen LogP contribution is 2.27. The molecule has 4 heteroatoms. The van der Waals surface area contributed by atoms with Crippen LogP contribution in [-0.4, -0.2) is 17.9 Å². The molecule has 120 valence electrons. The lowest BCUT2D eigenvalue weighted by molar-refractivity contribution is 0.102. The first-order valence-corrected chi connectivity index (χ1v) is 7.76. The molecule has 0 aliphatic carbocycles. The highest BCUT2D eigenvalue weighted by Gasteiger charge is 2.15. The number of rotatable bonds is 4. The van der Waals surface area contributed by atoms with Crippen molar-refractivity contribution in [3.8, 4) is 0 Å². The zero-order valence-electron chi connectivity index (χ0n) is 13.7. The minimum absolute atomic E-state index is 0.129. The maximum atomic E-state index is 12.7. The minimum Gasteiger partial charge on any atom is -0.344 e. The van der Waals surface area contributed by atoms with Gasteiger partial charge in [0.1, 0.15) is 0 Å². The van der Waals surface area contributed by atoms with Gasteiger partial charge in [0, 0.05) is 30.8 Å². The quantitative estimate of drug-likeness (QED) is 0.775. The number of para-hydroxylation sites is 1. The van der Waals surface area contributed by atoms with Gasteiger partial charge < -0.3 is 10.2 Å². The van der Waals surface area contributed by atoms with Gasteiger partial charge in [-0.25, -0.2) is 0 Å². The van der Waals surface area contributed by atoms with Crippen molar-refractivity contribution in [2.75, 3.05) is 17.3 Å². The topological polar surface area (TPSA) is 45.2 Å². The number of nitrogens with zero attached hydrogens (tertiary/aromatic N) is 2. The van der Waals surface area contributed by atoms with E-state index >= 15 is 0 Å². The Hall–Kier alpha value is -3.14. The maximum Gasteiger partial charge on any atom is 0.257 e. The Morgan fingerprint density at radius 1 is 0.958 bits per heavy atom. The van der Waals surface area contributed by atoms with Gasteiger partial charge in [-0.2, -0.15) is 0 Å². The number of benzene rings is 2. The molecule has 1 heterocycles. The van der Waals surface area contributed by atoms with Gasteiger partial charge in [0.05, 0.1) is 11.3 Å². The largest absolute Gasteiger partial charge is 0.344 e. The van der Waals surface area contributed by atoms with Gasteiger partial charge in [-0.3, -0.25) is 9.78 Å². The van der Waals surface area contributed by atoms with Gasteiger partial charge in [-0.15, -0.1) is 0 Å². The van der Waals surface area contributed by atoms with E-state index in [9.17, 15) is 4.79 Å². The van der Waals surface area contributed by atoms with Crippen molar-refractivity contribution in [1.82, 2.24) is 4.98 Å². The fourth-order valence-electron chi connectivity index (χ4n) is 2.50. The number of carbonyl (C=O) groups excluding carboxylic acids is 1. The van der Waals surface area contributed by atoms with E-state index in [1.165, 1.54) is 0 Å². The average molecular weight is 317 g/mol. The summed E-state index contributed by atoms with van der Waals surface area (Å²) in [4.78, 5) is 18.7. The molecule has 3 rings (SSSR count). The van der Waals surface area contributed by atoms with E-state index in [0.717, 1.165) is 22.6 Å². The molecule has 24 heavy (non-hydrogen) atoms. The summed E-state index contributed by atoms with van der Waals surface area (Å²) in [6.07, 6.45) is 3.47. The number of aryl methyl sites for hydroxylation is 1. The lowest BCUT2D eigenvalue weighted by atomic mass is 10.1. The molecular formula is C20H19N3O. The third kappa shape index (κ3) is 3.43. The van der Waals surface area contributed by atoms with Crippen LogP contribution in [0.25, 0.3) is 0 Å². The predicted octanol–water partition coefficient (Wildman–Crippen LogP) is 4.41. The molecule has 0 saturated carbocycles. The summed E-state index contributed by atoms with van der Waals surface area (Å²) >= 11 is 0. The molecule has 1 amide bonds. The van der Waals surface area contributed by atoms with Crippen LogP contribution >= 0.6 is 0 Å². The summed E-state index contributed by atoms with van der Waals surface area (Å²) < 4.78 is 0. The molecule has 4 nitrogen and oxygen atoms in total. The first kappa shape index (κ1) is 15.7. The number of hydrogen-bond donors (Lipinski definition) is 1. The second-order valence-corrected chi connectivity index (χ2v) is 5.60. The van der Waals surface area contributed by atoms with Crippen molar-refractivity contribution >= 4 is 23.0 Å². The van der Waals surface area contributed by atoms with Crippen LogP contribution in [0.4, 0.5) is 17.1 Å². The van der Waals surface area contributed by atoms with Gasteiger partial charge in [0.15, 0.2) is 0 Å². The molecule has 2 aromatic carbocycles. The Bertz CT molecular complexity index is 829. The van der Waals surface area contributed by atoms with Crippen LogP contribution in [-0.2, 0) is 0 Å². The molecule has 0 aliphatic rings. The standard InChI is InChI=1S/C20H19N3O/c1-15-7-9-16(10-8-15)22-20(24)18-5-3-4-6-19(18)23(2)17-11-13-21-14-12-17/h3-14H,1-2H3,(H,22,24). The predicted molar refractivity (Wildman–Crippen MR) is 97.9 cm³/mol. The van der Waals surface area contributed by atoms with Crippen LogP contribution in [0.2, 0.25) is 0 Å². The summed E-state index contributed by atoms with van der Waals surface area (Å²) in [6, 6.07) is 19.1. The molecule has 0 spiro atoms. The van der Waals surface area contributed by atoms with Gasteiger partial charge in [-0.05, 0) is 43.3 Å². The van der Waals surface area contributed by atoms with Gasteiger partial charge in [0.2, 0.25) is 0 Å². The van der Waals surface area contributed by atoms with E-state index < -0.39 is 0 Å². The smallest absolute Gasteiger partial charge is 0.257 e. The van der Waals surface area contributed by atoms with Crippen LogP contribution in [0, 0.1) is 6.92 Å². The first-order valence-electron chi connectivity index (χ1n) is 7.76. The van der Waals surface area contributed by atoms with E-state index in [2.05, 4.69) is 10.3 Å². The number of pyridine rings is 1. The van der Waals surface area contributed by atoms with Crippen molar-refractivity contribution in [2.24, 2.45) is 0 Å². The van der Waals surface area contributed by atoms with Crippen molar-refractivity contribution in [3.05, 3.63) is 84.2 Å². The fraction of sp³-hybridized carbons (Fsp3) is 0.100. The number of hydrogen-bond acceptors (Lipinski definition) is 3. The fourth-order valence-corrected chi connectivity index (χ4v) is 2.50. The first-order chi connectivity index (χ1) is 11.6. The van der Waals surface area contributed by atoms with Crippen LogP contribution in [0.1, 0.15) is 15.9 Å². The van der Waals surface area contributed by atoms with E-state index in [-0.39, 0.29) is 5.91 Å². The number of anilines is 3. The summed E-state index contributed by atoms with van der Waals surface area (Å²) in [7, 11) is 1.94. The Morgan fingerprint density at radius 2 is 1.62 bits per heavy atom. The van der Waals surface area contributed by atoms with Crippen LogP contribution in [0.5, 0.6) is 0 Å². The highest BCUT2D eigenvalue weighted by atomic mass is 16.1. The van der Waals surface area contributed by atoms with Crippen LogP contribution in [0.3, 0.4) is 0 Å². The monoisotopic (exact) mass is 317 g/mol. The molecule has 0 fully saturated rings. The summed E-state index contributed by atoms with van der Waals surface area (Å²) in [6.45, 7) is 2.02. The molecule has 0 saturated heterocycles.